The Morgan fingerprint density at radius 3 is 2.92 bits per heavy atom. The van der Waals surface area contributed by atoms with E-state index in [0.29, 0.717) is 5.78 Å². The molecule has 1 heteroatoms. The number of hydrogen-bond donors (Lipinski definition) is 0. The molecule has 0 radical (unpaired) electrons. The maximum atomic E-state index is 11.6. The van der Waals surface area contributed by atoms with Crippen LogP contribution in [-0.2, 0) is 4.79 Å². The summed E-state index contributed by atoms with van der Waals surface area (Å²) in [6.07, 6.45) is 10.9. The van der Waals surface area contributed by atoms with Crippen LogP contribution in [0.2, 0.25) is 0 Å². The molecule has 66 valence electrons. The molecule has 0 bridgehead atoms. The van der Waals surface area contributed by atoms with Gasteiger partial charge in [-0.25, -0.2) is 0 Å². The lowest BCUT2D eigenvalue weighted by atomic mass is 9.72. The van der Waals surface area contributed by atoms with E-state index in [1.807, 2.05) is 0 Å². The highest BCUT2D eigenvalue weighted by Crippen LogP contribution is 2.36. The fraction of sp³-hybridized carbons (Fsp3) is 0.727. The molecule has 1 nitrogen and oxygen atoms in total. The number of terminal acetylenes is 1. The number of Topliss-reactive ketones (excluding diaryl/α,β-unsaturated/α-hetero) is 1. The third-order valence-corrected chi connectivity index (χ3v) is 2.88. The molecule has 1 fully saturated rings. The first-order valence-electron chi connectivity index (χ1n) is 4.66. The highest BCUT2D eigenvalue weighted by Gasteiger charge is 2.33. The Morgan fingerprint density at radius 2 is 2.33 bits per heavy atom. The van der Waals surface area contributed by atoms with Gasteiger partial charge >= 0.3 is 0 Å². The van der Waals surface area contributed by atoms with Crippen LogP contribution < -0.4 is 0 Å². The summed E-state index contributed by atoms with van der Waals surface area (Å²) in [5.41, 5.74) is -0.0926. The van der Waals surface area contributed by atoms with Crippen molar-refractivity contribution in [1.82, 2.24) is 0 Å². The van der Waals surface area contributed by atoms with Crippen molar-refractivity contribution >= 4 is 5.78 Å². The van der Waals surface area contributed by atoms with Crippen LogP contribution in [0.25, 0.3) is 0 Å². The van der Waals surface area contributed by atoms with Crippen molar-refractivity contribution in [3.63, 3.8) is 0 Å². The minimum absolute atomic E-state index is 0.0926. The summed E-state index contributed by atoms with van der Waals surface area (Å²) in [5.74, 6) is 3.03. The van der Waals surface area contributed by atoms with E-state index in [-0.39, 0.29) is 5.41 Å². The average molecular weight is 164 g/mol. The summed E-state index contributed by atoms with van der Waals surface area (Å²) in [6, 6.07) is 0. The van der Waals surface area contributed by atoms with E-state index in [1.54, 1.807) is 0 Å². The first kappa shape index (κ1) is 9.32. The van der Waals surface area contributed by atoms with Gasteiger partial charge in [-0.05, 0) is 19.3 Å². The van der Waals surface area contributed by atoms with Crippen molar-refractivity contribution in [2.45, 2.75) is 45.4 Å². The molecule has 1 rings (SSSR count). The summed E-state index contributed by atoms with van der Waals surface area (Å²) in [6.45, 7) is 2.06. The standard InChI is InChI=1S/C11H16O/c1-3-4-8-11(2)9-6-5-7-10(11)12/h1H,4-9H2,2H3. The zero-order valence-corrected chi connectivity index (χ0v) is 7.73. The molecule has 1 atom stereocenters. The number of carbonyl (C=O) groups excluding carboxylic acids is 1. The first-order valence-corrected chi connectivity index (χ1v) is 4.66. The van der Waals surface area contributed by atoms with Crippen LogP contribution in [0.3, 0.4) is 0 Å². The molecular weight excluding hydrogens is 148 g/mol. The third-order valence-electron chi connectivity index (χ3n) is 2.88. The maximum absolute atomic E-state index is 11.6. The number of ketones is 1. The van der Waals surface area contributed by atoms with Crippen molar-refractivity contribution in [2.75, 3.05) is 0 Å². The van der Waals surface area contributed by atoms with Crippen LogP contribution >= 0.6 is 0 Å². The molecule has 0 aromatic heterocycles. The smallest absolute Gasteiger partial charge is 0.138 e. The van der Waals surface area contributed by atoms with Gasteiger partial charge in [0.05, 0.1) is 0 Å². The Balaban J connectivity index is 2.55. The molecule has 1 saturated carbocycles. The summed E-state index contributed by atoms with van der Waals surface area (Å²) >= 11 is 0. The molecule has 0 spiro atoms. The van der Waals surface area contributed by atoms with Crippen molar-refractivity contribution in [3.05, 3.63) is 0 Å². The normalized spacial score (nSPS) is 29.8. The van der Waals surface area contributed by atoms with Crippen LogP contribution in [0.1, 0.15) is 45.4 Å². The van der Waals surface area contributed by atoms with E-state index >= 15 is 0 Å². The predicted molar refractivity (Wildman–Crippen MR) is 49.6 cm³/mol. The van der Waals surface area contributed by atoms with E-state index in [9.17, 15) is 4.79 Å². The lowest BCUT2D eigenvalue weighted by molar-refractivity contribution is -0.130. The Morgan fingerprint density at radius 1 is 1.58 bits per heavy atom. The Labute approximate surface area is 74.5 Å². The molecule has 0 heterocycles. The highest BCUT2D eigenvalue weighted by atomic mass is 16.1. The van der Waals surface area contributed by atoms with Crippen molar-refractivity contribution in [1.29, 1.82) is 0 Å². The molecule has 0 amide bonds. The van der Waals surface area contributed by atoms with Gasteiger partial charge in [-0.3, -0.25) is 4.79 Å². The predicted octanol–water partition coefficient (Wildman–Crippen LogP) is 2.55. The fourth-order valence-corrected chi connectivity index (χ4v) is 1.85. The van der Waals surface area contributed by atoms with Gasteiger partial charge in [-0.15, -0.1) is 12.3 Å². The number of hydrogen-bond acceptors (Lipinski definition) is 1. The van der Waals surface area contributed by atoms with Gasteiger partial charge in [0.2, 0.25) is 0 Å². The quantitative estimate of drug-likeness (QED) is 0.573. The van der Waals surface area contributed by atoms with Gasteiger partial charge in [0, 0.05) is 18.3 Å². The molecule has 0 saturated heterocycles. The summed E-state index contributed by atoms with van der Waals surface area (Å²) in [7, 11) is 0. The van der Waals surface area contributed by atoms with Crippen molar-refractivity contribution in [3.8, 4) is 12.3 Å². The molecule has 0 aromatic carbocycles. The van der Waals surface area contributed by atoms with Gasteiger partial charge in [-0.1, -0.05) is 13.3 Å². The summed E-state index contributed by atoms with van der Waals surface area (Å²) in [4.78, 5) is 11.6. The van der Waals surface area contributed by atoms with Gasteiger partial charge in [0.25, 0.3) is 0 Å². The van der Waals surface area contributed by atoms with Gasteiger partial charge in [0.1, 0.15) is 5.78 Å². The molecule has 1 aliphatic rings. The molecule has 1 aliphatic carbocycles. The van der Waals surface area contributed by atoms with E-state index in [2.05, 4.69) is 12.8 Å². The number of rotatable bonds is 2. The van der Waals surface area contributed by atoms with E-state index in [0.717, 1.165) is 32.1 Å². The minimum atomic E-state index is -0.0926. The average Bonchev–Trinajstić information content (AvgIpc) is 2.07. The second-order valence-electron chi connectivity index (χ2n) is 3.90. The summed E-state index contributed by atoms with van der Waals surface area (Å²) in [5, 5.41) is 0. The van der Waals surface area contributed by atoms with Crippen LogP contribution in [0, 0.1) is 17.8 Å². The second kappa shape index (κ2) is 3.76. The lowest BCUT2D eigenvalue weighted by Crippen LogP contribution is -2.30. The van der Waals surface area contributed by atoms with Gasteiger partial charge < -0.3 is 0 Å². The van der Waals surface area contributed by atoms with Gasteiger partial charge in [-0.2, -0.15) is 0 Å². The third kappa shape index (κ3) is 1.88. The van der Waals surface area contributed by atoms with E-state index < -0.39 is 0 Å². The first-order chi connectivity index (χ1) is 5.69. The van der Waals surface area contributed by atoms with Crippen molar-refractivity contribution in [2.24, 2.45) is 5.41 Å². The van der Waals surface area contributed by atoms with Crippen LogP contribution in [-0.4, -0.2) is 5.78 Å². The topological polar surface area (TPSA) is 17.1 Å². The Kier molecular flexibility index (Phi) is 2.92. The van der Waals surface area contributed by atoms with Crippen molar-refractivity contribution < 1.29 is 4.79 Å². The largest absolute Gasteiger partial charge is 0.299 e. The Bertz CT molecular complexity index is 212. The number of carbonyl (C=O) groups is 1. The lowest BCUT2D eigenvalue weighted by Gasteiger charge is -2.31. The molecule has 0 N–H and O–H groups in total. The van der Waals surface area contributed by atoms with E-state index in [4.69, 9.17) is 6.42 Å². The fourth-order valence-electron chi connectivity index (χ4n) is 1.85. The van der Waals surface area contributed by atoms with Crippen LogP contribution in [0.4, 0.5) is 0 Å². The van der Waals surface area contributed by atoms with E-state index in [1.165, 1.54) is 6.42 Å². The second-order valence-corrected chi connectivity index (χ2v) is 3.90. The SMILES string of the molecule is C#CCCC1(C)CCCCC1=O. The summed E-state index contributed by atoms with van der Waals surface area (Å²) < 4.78 is 0. The van der Waals surface area contributed by atoms with Gasteiger partial charge in [0.15, 0.2) is 0 Å². The molecule has 12 heavy (non-hydrogen) atoms. The zero-order valence-electron chi connectivity index (χ0n) is 7.73. The highest BCUT2D eigenvalue weighted by molar-refractivity contribution is 5.85. The molecule has 0 aliphatic heterocycles. The van der Waals surface area contributed by atoms with Crippen LogP contribution in [0.5, 0.6) is 0 Å². The maximum Gasteiger partial charge on any atom is 0.138 e. The molecular formula is C11H16O. The monoisotopic (exact) mass is 164 g/mol. The van der Waals surface area contributed by atoms with Crippen LogP contribution in [0.15, 0.2) is 0 Å². The molecule has 0 aromatic rings. The zero-order chi connectivity index (χ0) is 9.03. The molecule has 1 unspecified atom stereocenters. The Hall–Kier alpha value is -0.770. The minimum Gasteiger partial charge on any atom is -0.299 e.